The van der Waals surface area contributed by atoms with Crippen molar-refractivity contribution in [1.29, 1.82) is 0 Å². The molecule has 0 aromatic rings. The monoisotopic (exact) mass is 226 g/mol. The van der Waals surface area contributed by atoms with Crippen LogP contribution in [0.2, 0.25) is 0 Å². The van der Waals surface area contributed by atoms with Gasteiger partial charge in [-0.25, -0.2) is 9.79 Å². The van der Waals surface area contributed by atoms with Crippen molar-refractivity contribution < 1.29 is 9.59 Å². The quantitative estimate of drug-likeness (QED) is 0.352. The van der Waals surface area contributed by atoms with Gasteiger partial charge in [0.2, 0.25) is 12.0 Å². The van der Waals surface area contributed by atoms with Crippen molar-refractivity contribution in [3.8, 4) is 0 Å². The van der Waals surface area contributed by atoms with Crippen molar-refractivity contribution in [1.82, 2.24) is 5.32 Å². The van der Waals surface area contributed by atoms with Crippen LogP contribution in [0.1, 0.15) is 51.9 Å². The molecule has 0 saturated heterocycles. The zero-order chi connectivity index (χ0) is 12.1. The van der Waals surface area contributed by atoms with Gasteiger partial charge in [-0.05, 0) is 19.3 Å². The third kappa shape index (κ3) is 10.9. The summed E-state index contributed by atoms with van der Waals surface area (Å²) in [7, 11) is 0. The maximum absolute atomic E-state index is 11.3. The molecule has 0 aliphatic heterocycles. The van der Waals surface area contributed by atoms with Crippen LogP contribution < -0.4 is 5.32 Å². The van der Waals surface area contributed by atoms with E-state index in [0.29, 0.717) is 19.5 Å². The zero-order valence-corrected chi connectivity index (χ0v) is 10.1. The van der Waals surface area contributed by atoms with Crippen LogP contribution in [0, 0.1) is 0 Å². The summed E-state index contributed by atoms with van der Waals surface area (Å²) >= 11 is 0. The molecular formula is C12H22N2O2. The SMILES string of the molecule is CCCCCCC(=O)NCCCCN=C=O. The summed E-state index contributed by atoms with van der Waals surface area (Å²) in [4.78, 5) is 24.5. The Bertz CT molecular complexity index is 223. The van der Waals surface area contributed by atoms with Crippen LogP contribution in [0.4, 0.5) is 0 Å². The number of aliphatic imine (C=N–C) groups is 1. The first kappa shape index (κ1) is 14.8. The number of rotatable bonds is 10. The van der Waals surface area contributed by atoms with Gasteiger partial charge in [-0.15, -0.1) is 0 Å². The molecule has 0 aliphatic carbocycles. The zero-order valence-electron chi connectivity index (χ0n) is 10.1. The maximum Gasteiger partial charge on any atom is 0.234 e. The second kappa shape index (κ2) is 11.9. The highest BCUT2D eigenvalue weighted by molar-refractivity contribution is 5.75. The lowest BCUT2D eigenvalue weighted by molar-refractivity contribution is -0.121. The van der Waals surface area contributed by atoms with E-state index >= 15 is 0 Å². The minimum absolute atomic E-state index is 0.134. The smallest absolute Gasteiger partial charge is 0.234 e. The molecule has 0 rings (SSSR count). The standard InChI is InChI=1S/C12H22N2O2/c1-2-3-4-5-8-12(16)14-10-7-6-9-13-11-15/h2-10H2,1H3,(H,14,16). The Morgan fingerprint density at radius 1 is 1.19 bits per heavy atom. The van der Waals surface area contributed by atoms with Gasteiger partial charge in [0.25, 0.3) is 0 Å². The molecule has 0 radical (unpaired) electrons. The summed E-state index contributed by atoms with van der Waals surface area (Å²) in [6, 6.07) is 0. The molecule has 0 fully saturated rings. The lowest BCUT2D eigenvalue weighted by Gasteiger charge is -2.03. The van der Waals surface area contributed by atoms with Crippen molar-refractivity contribution in [3.05, 3.63) is 0 Å². The van der Waals surface area contributed by atoms with Crippen molar-refractivity contribution in [3.63, 3.8) is 0 Å². The van der Waals surface area contributed by atoms with Gasteiger partial charge < -0.3 is 5.32 Å². The number of unbranched alkanes of at least 4 members (excludes halogenated alkanes) is 4. The van der Waals surface area contributed by atoms with Crippen LogP contribution >= 0.6 is 0 Å². The number of carbonyl (C=O) groups is 1. The van der Waals surface area contributed by atoms with Gasteiger partial charge in [-0.2, -0.15) is 0 Å². The first-order valence-corrected chi connectivity index (χ1v) is 6.11. The molecule has 0 aromatic heterocycles. The van der Waals surface area contributed by atoms with E-state index in [9.17, 15) is 9.59 Å². The van der Waals surface area contributed by atoms with E-state index < -0.39 is 0 Å². The lowest BCUT2D eigenvalue weighted by atomic mass is 10.1. The molecular weight excluding hydrogens is 204 g/mol. The summed E-state index contributed by atoms with van der Waals surface area (Å²) < 4.78 is 0. The number of hydrogen-bond acceptors (Lipinski definition) is 3. The van der Waals surface area contributed by atoms with Crippen molar-refractivity contribution in [2.24, 2.45) is 4.99 Å². The van der Waals surface area contributed by atoms with E-state index in [1.165, 1.54) is 18.9 Å². The maximum atomic E-state index is 11.3. The summed E-state index contributed by atoms with van der Waals surface area (Å²) in [5.41, 5.74) is 0. The molecule has 16 heavy (non-hydrogen) atoms. The van der Waals surface area contributed by atoms with Crippen LogP contribution in [0.3, 0.4) is 0 Å². The first-order valence-electron chi connectivity index (χ1n) is 6.11. The number of carbonyl (C=O) groups excluding carboxylic acids is 2. The normalized spacial score (nSPS) is 9.56. The van der Waals surface area contributed by atoms with Gasteiger partial charge >= 0.3 is 0 Å². The van der Waals surface area contributed by atoms with Gasteiger partial charge in [0.05, 0.1) is 6.54 Å². The fraction of sp³-hybridized carbons (Fsp3) is 0.833. The Hall–Kier alpha value is -1.15. The van der Waals surface area contributed by atoms with E-state index in [4.69, 9.17) is 0 Å². The Morgan fingerprint density at radius 2 is 2.00 bits per heavy atom. The molecule has 0 heterocycles. The largest absolute Gasteiger partial charge is 0.356 e. The Kier molecular flexibility index (Phi) is 11.1. The van der Waals surface area contributed by atoms with Gasteiger partial charge in [-0.1, -0.05) is 26.2 Å². The Balaban J connectivity index is 3.20. The summed E-state index contributed by atoms with van der Waals surface area (Å²) in [6.45, 7) is 3.35. The minimum atomic E-state index is 0.134. The highest BCUT2D eigenvalue weighted by Crippen LogP contribution is 2.01. The molecule has 0 aromatic carbocycles. The molecule has 4 heteroatoms. The average molecular weight is 226 g/mol. The van der Waals surface area contributed by atoms with E-state index in [0.717, 1.165) is 25.7 Å². The molecule has 0 unspecified atom stereocenters. The van der Waals surface area contributed by atoms with Crippen molar-refractivity contribution in [2.75, 3.05) is 13.1 Å². The fourth-order valence-corrected chi connectivity index (χ4v) is 1.39. The van der Waals surface area contributed by atoms with Crippen molar-refractivity contribution in [2.45, 2.75) is 51.9 Å². The summed E-state index contributed by atoms with van der Waals surface area (Å²) in [5, 5.41) is 2.86. The fourth-order valence-electron chi connectivity index (χ4n) is 1.39. The van der Waals surface area contributed by atoms with Crippen LogP contribution in [0.25, 0.3) is 0 Å². The first-order chi connectivity index (χ1) is 7.81. The van der Waals surface area contributed by atoms with Gasteiger partial charge in [0.15, 0.2) is 0 Å². The highest BCUT2D eigenvalue weighted by Gasteiger charge is 1.99. The van der Waals surface area contributed by atoms with Gasteiger partial charge in [0.1, 0.15) is 0 Å². The van der Waals surface area contributed by atoms with E-state index in [2.05, 4.69) is 17.2 Å². The predicted molar refractivity (Wildman–Crippen MR) is 64.0 cm³/mol. The van der Waals surface area contributed by atoms with Crippen LogP contribution in [0.15, 0.2) is 4.99 Å². The topological polar surface area (TPSA) is 58.5 Å². The minimum Gasteiger partial charge on any atom is -0.356 e. The second-order valence-corrected chi connectivity index (χ2v) is 3.84. The van der Waals surface area contributed by atoms with Gasteiger partial charge in [-0.3, -0.25) is 4.79 Å². The molecule has 1 amide bonds. The Labute approximate surface area is 97.5 Å². The highest BCUT2D eigenvalue weighted by atomic mass is 16.1. The van der Waals surface area contributed by atoms with E-state index in [1.54, 1.807) is 0 Å². The third-order valence-electron chi connectivity index (χ3n) is 2.34. The molecule has 0 saturated carbocycles. The third-order valence-corrected chi connectivity index (χ3v) is 2.34. The van der Waals surface area contributed by atoms with Gasteiger partial charge in [0, 0.05) is 13.0 Å². The molecule has 4 nitrogen and oxygen atoms in total. The molecule has 0 spiro atoms. The predicted octanol–water partition coefficient (Wildman–Crippen LogP) is 2.19. The molecule has 0 aliphatic rings. The summed E-state index contributed by atoms with van der Waals surface area (Å²) in [5.74, 6) is 0.134. The molecule has 92 valence electrons. The van der Waals surface area contributed by atoms with Crippen LogP contribution in [-0.4, -0.2) is 25.1 Å². The lowest BCUT2D eigenvalue weighted by Crippen LogP contribution is -2.24. The second-order valence-electron chi connectivity index (χ2n) is 3.84. The van der Waals surface area contributed by atoms with E-state index in [1.807, 2.05) is 0 Å². The number of amides is 1. The average Bonchev–Trinajstić information content (AvgIpc) is 2.29. The molecule has 1 N–H and O–H groups in total. The number of nitrogens with one attached hydrogen (secondary N) is 1. The number of isocyanates is 1. The number of hydrogen-bond donors (Lipinski definition) is 1. The molecule has 0 bridgehead atoms. The van der Waals surface area contributed by atoms with Crippen molar-refractivity contribution >= 4 is 12.0 Å². The number of nitrogens with zero attached hydrogens (tertiary/aromatic N) is 1. The van der Waals surface area contributed by atoms with Crippen LogP contribution in [-0.2, 0) is 9.59 Å². The summed E-state index contributed by atoms with van der Waals surface area (Å²) in [6.07, 6.45) is 8.33. The van der Waals surface area contributed by atoms with E-state index in [-0.39, 0.29) is 5.91 Å². The Morgan fingerprint density at radius 3 is 2.69 bits per heavy atom. The molecule has 0 atom stereocenters. The van der Waals surface area contributed by atoms with Crippen LogP contribution in [0.5, 0.6) is 0 Å².